The van der Waals surface area contributed by atoms with E-state index in [1.807, 2.05) is 72.8 Å². The summed E-state index contributed by atoms with van der Waals surface area (Å²) in [5, 5.41) is 22.4. The van der Waals surface area contributed by atoms with E-state index in [9.17, 15) is 19.8 Å². The summed E-state index contributed by atoms with van der Waals surface area (Å²) in [5.74, 6) is -2.87. The lowest BCUT2D eigenvalue weighted by Gasteiger charge is -2.38. The largest absolute Gasteiger partial charge is 0.506 e. The predicted molar refractivity (Wildman–Crippen MR) is 222 cm³/mol. The average molecular weight is 826 g/mol. The van der Waals surface area contributed by atoms with Crippen molar-refractivity contribution in [3.63, 3.8) is 0 Å². The first-order chi connectivity index (χ1) is 28.7. The maximum atomic E-state index is 14.4. The highest BCUT2D eigenvalue weighted by Crippen LogP contribution is 2.53. The number of halogens is 2. The highest BCUT2D eigenvalue weighted by Gasteiger charge is 2.43. The smallest absolute Gasteiger partial charge is 0.335 e. The molecule has 0 spiro atoms. The van der Waals surface area contributed by atoms with Gasteiger partial charge >= 0.3 is 5.97 Å². The number of hydrogen-bond acceptors (Lipinski definition) is 10. The second-order valence-corrected chi connectivity index (χ2v) is 15.2. The summed E-state index contributed by atoms with van der Waals surface area (Å²) in [6, 6.07) is 31.0. The number of carboxylic acid groups (broad SMARTS) is 1. The third-order valence-corrected chi connectivity index (χ3v) is 11.0. The Morgan fingerprint density at radius 2 is 1.19 bits per heavy atom. The molecule has 6 aromatic rings. The molecule has 296 valence electrons. The van der Waals surface area contributed by atoms with Crippen molar-refractivity contribution in [3.05, 3.63) is 200 Å². The molecular weight excluding hydrogens is 787 g/mol. The van der Waals surface area contributed by atoms with E-state index in [0.29, 0.717) is 54.2 Å². The topological polar surface area (TPSA) is 142 Å². The number of aromatic nitrogens is 4. The summed E-state index contributed by atoms with van der Waals surface area (Å²) in [6.45, 7) is 1.80. The van der Waals surface area contributed by atoms with Crippen molar-refractivity contribution in [2.75, 3.05) is 6.54 Å². The van der Waals surface area contributed by atoms with E-state index in [0.717, 1.165) is 22.8 Å². The molecule has 4 aromatic heterocycles. The van der Waals surface area contributed by atoms with Crippen LogP contribution < -0.4 is 4.74 Å². The van der Waals surface area contributed by atoms with Gasteiger partial charge in [-0.15, -0.1) is 0 Å². The minimum absolute atomic E-state index is 0.0174. The number of carbonyl (C=O) groups is 2. The van der Waals surface area contributed by atoms with Crippen molar-refractivity contribution >= 4 is 35.0 Å². The molecule has 2 aliphatic rings. The van der Waals surface area contributed by atoms with Crippen LogP contribution in [0.4, 0.5) is 0 Å². The van der Waals surface area contributed by atoms with Crippen LogP contribution in [-0.2, 0) is 37.5 Å². The number of nitrogens with zero attached hydrogens (tertiary/aromatic N) is 6. The van der Waals surface area contributed by atoms with Gasteiger partial charge in [-0.05, 0) is 72.3 Å². The number of carbonyl (C=O) groups excluding carboxylic acids is 1. The van der Waals surface area contributed by atoms with Gasteiger partial charge in [0.25, 0.3) is 0 Å². The first-order valence-electron chi connectivity index (χ1n) is 19.0. The number of ether oxygens (including phenoxy) is 1. The van der Waals surface area contributed by atoms with Crippen molar-refractivity contribution in [2.45, 2.75) is 38.6 Å². The number of rotatable bonds is 14. The SMILES string of the molecule is O=C(O)c1ccccc1C1C2=C(Oc3c1cc(Cl)c(O)c3CN(Cc1ccccn1)Cc1ccccn1)C(CN(Cc1ccccn1)Cc1ccccn1)C(=O)C(Cl)=C2. The molecule has 2 N–H and O–H groups in total. The van der Waals surface area contributed by atoms with Crippen LogP contribution >= 0.6 is 23.2 Å². The Morgan fingerprint density at radius 1 is 0.678 bits per heavy atom. The van der Waals surface area contributed by atoms with Crippen molar-refractivity contribution in [2.24, 2.45) is 5.92 Å². The lowest BCUT2D eigenvalue weighted by Crippen LogP contribution is -2.39. The fraction of sp³-hybridized carbons (Fsp3) is 0.174. The second kappa shape index (κ2) is 17.7. The van der Waals surface area contributed by atoms with Gasteiger partial charge in [-0.3, -0.25) is 34.5 Å². The zero-order chi connectivity index (χ0) is 40.9. The molecule has 11 nitrogen and oxygen atoms in total. The van der Waals surface area contributed by atoms with E-state index in [4.69, 9.17) is 27.9 Å². The Kier molecular flexibility index (Phi) is 11.9. The van der Waals surface area contributed by atoms with Crippen LogP contribution in [0, 0.1) is 5.92 Å². The van der Waals surface area contributed by atoms with E-state index in [1.54, 1.807) is 55.1 Å². The molecule has 1 aliphatic carbocycles. The van der Waals surface area contributed by atoms with Crippen LogP contribution in [0.15, 0.2) is 150 Å². The first-order valence-corrected chi connectivity index (χ1v) is 19.7. The van der Waals surface area contributed by atoms with E-state index >= 15 is 0 Å². The number of carboxylic acids is 1. The molecule has 0 fully saturated rings. The van der Waals surface area contributed by atoms with E-state index in [2.05, 4.69) is 29.7 Å². The van der Waals surface area contributed by atoms with Crippen LogP contribution in [0.1, 0.15) is 55.7 Å². The predicted octanol–water partition coefficient (Wildman–Crippen LogP) is 8.33. The highest BCUT2D eigenvalue weighted by atomic mass is 35.5. The zero-order valence-corrected chi connectivity index (χ0v) is 33.2. The number of aromatic carboxylic acids is 1. The number of phenolic OH excluding ortho intramolecular Hbond substituents is 1. The molecule has 5 heterocycles. The molecule has 13 heteroatoms. The van der Waals surface area contributed by atoms with Gasteiger partial charge in [0.15, 0.2) is 5.78 Å². The number of aromatic hydroxyl groups is 1. The number of hydrogen-bond donors (Lipinski definition) is 2. The number of phenols is 1. The summed E-state index contributed by atoms with van der Waals surface area (Å²) >= 11 is 13.7. The Hall–Kier alpha value is -6.24. The van der Waals surface area contributed by atoms with E-state index in [1.165, 1.54) is 6.07 Å². The Morgan fingerprint density at radius 3 is 1.69 bits per heavy atom. The van der Waals surface area contributed by atoms with Gasteiger partial charge in [0.1, 0.15) is 17.3 Å². The van der Waals surface area contributed by atoms with E-state index in [-0.39, 0.29) is 46.0 Å². The molecule has 0 amide bonds. The van der Waals surface area contributed by atoms with Crippen molar-refractivity contribution in [1.82, 2.24) is 29.7 Å². The highest BCUT2D eigenvalue weighted by molar-refractivity contribution is 6.43. The van der Waals surface area contributed by atoms with E-state index < -0.39 is 17.8 Å². The average Bonchev–Trinajstić information content (AvgIpc) is 3.25. The van der Waals surface area contributed by atoms with Crippen LogP contribution in [0.2, 0.25) is 5.02 Å². The minimum Gasteiger partial charge on any atom is -0.506 e. The molecule has 0 saturated carbocycles. The molecule has 8 rings (SSSR count). The van der Waals surface area contributed by atoms with Gasteiger partial charge in [-0.25, -0.2) is 4.79 Å². The van der Waals surface area contributed by atoms with Gasteiger partial charge < -0.3 is 14.9 Å². The standard InChI is InChI=1S/C46H38Cl2N6O5/c47-39-21-35-41(33-15-1-2-16-34(33)46(57)58)36-22-40(48)43(56)38(28-54(25-31-13-5-9-19-51-31)26-32-14-6-10-20-52-32)45(36)59-44(35)37(42(39)55)27-53(23-29-11-3-7-17-49-29)24-30-12-4-8-18-50-30/h1-22,37,41,56H,23-28H2,(H,57,58). The third kappa shape index (κ3) is 8.79. The summed E-state index contributed by atoms with van der Waals surface area (Å²) in [4.78, 5) is 49.6. The fourth-order valence-corrected chi connectivity index (χ4v) is 8.22. The molecule has 2 unspecified atom stereocenters. The Labute approximate surface area is 350 Å². The van der Waals surface area contributed by atoms with Crippen LogP contribution in [-0.4, -0.2) is 58.2 Å². The van der Waals surface area contributed by atoms with Gasteiger partial charge in [0, 0.05) is 81.1 Å². The number of fused-ring (bicyclic) bond motifs is 1. The van der Waals surface area contributed by atoms with Gasteiger partial charge in [0.05, 0.1) is 49.9 Å². The third-order valence-electron chi connectivity index (χ3n) is 10.4. The van der Waals surface area contributed by atoms with Crippen LogP contribution in [0.3, 0.4) is 0 Å². The summed E-state index contributed by atoms with van der Waals surface area (Å²) in [5.41, 5.74) is 5.03. The molecule has 59 heavy (non-hydrogen) atoms. The monoisotopic (exact) mass is 824 g/mol. The van der Waals surface area contributed by atoms with Crippen molar-refractivity contribution < 1.29 is 24.5 Å². The van der Waals surface area contributed by atoms with Crippen molar-refractivity contribution in [3.8, 4) is 11.5 Å². The lowest BCUT2D eigenvalue weighted by molar-refractivity contribution is -0.119. The maximum absolute atomic E-state index is 14.4. The molecule has 0 bridgehead atoms. The van der Waals surface area contributed by atoms with Gasteiger partial charge in [-0.2, -0.15) is 0 Å². The molecule has 0 saturated heterocycles. The fourth-order valence-electron chi connectivity index (χ4n) is 7.74. The van der Waals surface area contributed by atoms with Crippen LogP contribution in [0.5, 0.6) is 11.5 Å². The summed E-state index contributed by atoms with van der Waals surface area (Å²) in [6.07, 6.45) is 8.45. The molecule has 2 aromatic carbocycles. The molecule has 2 atom stereocenters. The van der Waals surface area contributed by atoms with Crippen molar-refractivity contribution in [1.29, 1.82) is 0 Å². The zero-order valence-electron chi connectivity index (χ0n) is 31.7. The van der Waals surface area contributed by atoms with Crippen LogP contribution in [0.25, 0.3) is 0 Å². The molecular formula is C46H38Cl2N6O5. The minimum atomic E-state index is -1.13. The van der Waals surface area contributed by atoms with Gasteiger partial charge in [-0.1, -0.05) is 65.7 Å². The number of ketones is 1. The summed E-state index contributed by atoms with van der Waals surface area (Å²) < 4.78 is 6.96. The second-order valence-electron chi connectivity index (χ2n) is 14.4. The summed E-state index contributed by atoms with van der Waals surface area (Å²) in [7, 11) is 0. The number of benzene rings is 2. The quantitative estimate of drug-likeness (QED) is 0.110. The number of allylic oxidation sites excluding steroid dienone is 3. The molecule has 1 aliphatic heterocycles. The Balaban J connectivity index is 1.28. The first kappa shape index (κ1) is 39.6. The maximum Gasteiger partial charge on any atom is 0.335 e. The number of Topliss-reactive ketones (excluding diaryl/α,β-unsaturated/α-hetero) is 1. The molecule has 0 radical (unpaired) electrons. The number of pyridine rings is 4. The Bertz CT molecular complexity index is 2460. The lowest BCUT2D eigenvalue weighted by atomic mass is 9.75. The van der Waals surface area contributed by atoms with Gasteiger partial charge in [0.2, 0.25) is 0 Å². The normalized spacial score (nSPS) is 16.1.